The van der Waals surface area contributed by atoms with Crippen molar-refractivity contribution < 1.29 is 13.9 Å². The predicted octanol–water partition coefficient (Wildman–Crippen LogP) is 2.84. The van der Waals surface area contributed by atoms with Crippen LogP contribution in [-0.2, 0) is 11.3 Å². The van der Waals surface area contributed by atoms with Gasteiger partial charge >= 0.3 is 0 Å². The highest BCUT2D eigenvalue weighted by molar-refractivity contribution is 5.73. The molecular formula is C24H30FN5O2. The van der Waals surface area contributed by atoms with Crippen molar-refractivity contribution in [2.45, 2.75) is 31.4 Å². The van der Waals surface area contributed by atoms with Gasteiger partial charge in [-0.3, -0.25) is 4.90 Å². The molecule has 0 aliphatic carbocycles. The van der Waals surface area contributed by atoms with Crippen molar-refractivity contribution >= 4 is 17.2 Å². The van der Waals surface area contributed by atoms with Crippen molar-refractivity contribution in [2.75, 3.05) is 62.7 Å². The Labute approximate surface area is 187 Å². The van der Waals surface area contributed by atoms with Gasteiger partial charge in [-0.25, -0.2) is 9.37 Å². The zero-order valence-corrected chi connectivity index (χ0v) is 18.3. The Morgan fingerprint density at radius 2 is 1.88 bits per heavy atom. The fourth-order valence-electron chi connectivity index (χ4n) is 5.32. The Balaban J connectivity index is 1.23. The summed E-state index contributed by atoms with van der Waals surface area (Å²) in [6.45, 7) is 7.40. The number of hydrogen-bond acceptors (Lipinski definition) is 7. The number of aromatic nitrogens is 1. The number of anilines is 3. The number of morpholine rings is 1. The molecule has 0 amide bonds. The molecule has 0 unspecified atom stereocenters. The van der Waals surface area contributed by atoms with Crippen LogP contribution in [0.2, 0.25) is 0 Å². The quantitative estimate of drug-likeness (QED) is 0.763. The SMILES string of the molecule is Fc1cnc2c(c1N1CCOCC1)COc1ccc(C3CCN(C4CNC4)CC3)cc1N2. The van der Waals surface area contributed by atoms with E-state index >= 15 is 0 Å². The van der Waals surface area contributed by atoms with Crippen molar-refractivity contribution in [1.82, 2.24) is 15.2 Å². The molecule has 7 nitrogen and oxygen atoms in total. The molecule has 32 heavy (non-hydrogen) atoms. The Kier molecular flexibility index (Phi) is 5.37. The van der Waals surface area contributed by atoms with E-state index in [1.165, 1.54) is 24.6 Å². The number of nitrogens with zero attached hydrogens (tertiary/aromatic N) is 3. The van der Waals surface area contributed by atoms with Crippen LogP contribution < -0.4 is 20.3 Å². The molecule has 4 aliphatic rings. The molecule has 3 fully saturated rings. The number of rotatable bonds is 3. The minimum atomic E-state index is -0.309. The predicted molar refractivity (Wildman–Crippen MR) is 121 cm³/mol. The molecule has 3 saturated heterocycles. The number of piperidine rings is 1. The van der Waals surface area contributed by atoms with Crippen LogP contribution in [0.4, 0.5) is 21.6 Å². The highest BCUT2D eigenvalue weighted by atomic mass is 19.1. The second kappa shape index (κ2) is 8.50. The summed E-state index contributed by atoms with van der Waals surface area (Å²) >= 11 is 0. The van der Waals surface area contributed by atoms with Crippen molar-refractivity contribution in [2.24, 2.45) is 0 Å². The average Bonchev–Trinajstić information content (AvgIpc) is 2.98. The molecule has 4 aliphatic heterocycles. The van der Waals surface area contributed by atoms with Crippen LogP contribution in [0.15, 0.2) is 24.4 Å². The van der Waals surface area contributed by atoms with Crippen LogP contribution in [0, 0.1) is 5.82 Å². The van der Waals surface area contributed by atoms with Gasteiger partial charge in [0.1, 0.15) is 18.2 Å². The summed E-state index contributed by atoms with van der Waals surface area (Å²) in [7, 11) is 0. The summed E-state index contributed by atoms with van der Waals surface area (Å²) in [5.74, 6) is 1.71. The minimum absolute atomic E-state index is 0.292. The third-order valence-electron chi connectivity index (χ3n) is 7.34. The molecule has 170 valence electrons. The highest BCUT2D eigenvalue weighted by Gasteiger charge is 2.30. The number of fused-ring (bicyclic) bond motifs is 2. The lowest BCUT2D eigenvalue weighted by Gasteiger charge is -2.42. The van der Waals surface area contributed by atoms with Crippen molar-refractivity contribution in [3.8, 4) is 5.75 Å². The monoisotopic (exact) mass is 439 g/mol. The van der Waals surface area contributed by atoms with Crippen LogP contribution >= 0.6 is 0 Å². The number of ether oxygens (including phenoxy) is 2. The van der Waals surface area contributed by atoms with Gasteiger partial charge in [0, 0.05) is 32.2 Å². The largest absolute Gasteiger partial charge is 0.486 e. The molecule has 6 rings (SSSR count). The zero-order chi connectivity index (χ0) is 21.5. The molecule has 0 spiro atoms. The van der Waals surface area contributed by atoms with Gasteiger partial charge in [-0.05, 0) is 49.5 Å². The van der Waals surface area contributed by atoms with Gasteiger partial charge in [0.25, 0.3) is 0 Å². The van der Waals surface area contributed by atoms with E-state index < -0.39 is 0 Å². The minimum Gasteiger partial charge on any atom is -0.486 e. The standard InChI is InChI=1S/C24H30FN5O2/c25-20-14-27-24-19(23(20)30-7-9-31-10-8-30)15-32-22-2-1-17(11-21(22)28-24)16-3-5-29(6-4-16)18-12-26-13-18/h1-2,11,14,16,18,26H,3-10,12-13,15H2,(H,27,28). The number of likely N-dealkylation sites (tertiary alicyclic amines) is 1. The number of benzene rings is 1. The fraction of sp³-hybridized carbons (Fsp3) is 0.542. The van der Waals surface area contributed by atoms with E-state index in [-0.39, 0.29) is 5.82 Å². The maximum absolute atomic E-state index is 14.8. The molecule has 5 heterocycles. The third kappa shape index (κ3) is 3.70. The third-order valence-corrected chi connectivity index (χ3v) is 7.34. The van der Waals surface area contributed by atoms with Crippen LogP contribution in [0.1, 0.15) is 29.9 Å². The highest BCUT2D eigenvalue weighted by Crippen LogP contribution is 2.40. The Morgan fingerprint density at radius 1 is 1.06 bits per heavy atom. The number of halogens is 1. The normalized spacial score (nSPS) is 22.2. The molecule has 2 N–H and O–H groups in total. The van der Waals surface area contributed by atoms with Crippen LogP contribution in [0.5, 0.6) is 5.75 Å². The lowest BCUT2D eigenvalue weighted by atomic mass is 9.88. The summed E-state index contributed by atoms with van der Waals surface area (Å²) < 4.78 is 26.4. The van der Waals surface area contributed by atoms with E-state index in [0.717, 1.165) is 49.2 Å². The average molecular weight is 440 g/mol. The first-order chi connectivity index (χ1) is 15.8. The first-order valence-electron chi connectivity index (χ1n) is 11.7. The molecular weight excluding hydrogens is 409 g/mol. The van der Waals surface area contributed by atoms with Gasteiger partial charge in [-0.2, -0.15) is 0 Å². The fourth-order valence-corrected chi connectivity index (χ4v) is 5.32. The second-order valence-corrected chi connectivity index (χ2v) is 9.17. The Bertz CT molecular complexity index is 985. The van der Waals surface area contributed by atoms with E-state index in [1.807, 2.05) is 4.90 Å². The van der Waals surface area contributed by atoms with Crippen LogP contribution in [-0.4, -0.2) is 68.4 Å². The number of nitrogens with one attached hydrogen (secondary N) is 2. The van der Waals surface area contributed by atoms with Gasteiger partial charge in [0.05, 0.1) is 36.3 Å². The molecule has 2 aromatic rings. The molecule has 1 aromatic carbocycles. The van der Waals surface area contributed by atoms with E-state index in [4.69, 9.17) is 9.47 Å². The first-order valence-corrected chi connectivity index (χ1v) is 11.7. The van der Waals surface area contributed by atoms with Gasteiger partial charge < -0.3 is 25.0 Å². The molecule has 1 aromatic heterocycles. The van der Waals surface area contributed by atoms with Gasteiger partial charge in [0.2, 0.25) is 0 Å². The molecule has 0 saturated carbocycles. The zero-order valence-electron chi connectivity index (χ0n) is 18.3. The van der Waals surface area contributed by atoms with Crippen molar-refractivity contribution in [3.05, 3.63) is 41.3 Å². The van der Waals surface area contributed by atoms with Gasteiger partial charge in [0.15, 0.2) is 5.82 Å². The summed E-state index contributed by atoms with van der Waals surface area (Å²) in [4.78, 5) is 9.05. The maximum Gasteiger partial charge on any atom is 0.165 e. The molecule has 0 radical (unpaired) electrons. The van der Waals surface area contributed by atoms with E-state index in [9.17, 15) is 4.39 Å². The van der Waals surface area contributed by atoms with Crippen molar-refractivity contribution in [1.29, 1.82) is 0 Å². The van der Waals surface area contributed by atoms with E-state index in [1.54, 1.807) is 0 Å². The van der Waals surface area contributed by atoms with Crippen LogP contribution in [0.25, 0.3) is 0 Å². The number of pyridine rings is 1. The van der Waals surface area contributed by atoms with E-state index in [0.29, 0.717) is 50.3 Å². The second-order valence-electron chi connectivity index (χ2n) is 9.17. The topological polar surface area (TPSA) is 61.9 Å². The number of hydrogen-bond donors (Lipinski definition) is 2. The first kappa shape index (κ1) is 20.2. The molecule has 0 bridgehead atoms. The molecule has 0 atom stereocenters. The Hall–Kier alpha value is -2.42. The Morgan fingerprint density at radius 3 is 2.62 bits per heavy atom. The lowest BCUT2D eigenvalue weighted by Crippen LogP contribution is -2.58. The van der Waals surface area contributed by atoms with Crippen LogP contribution in [0.3, 0.4) is 0 Å². The van der Waals surface area contributed by atoms with E-state index in [2.05, 4.69) is 38.7 Å². The van der Waals surface area contributed by atoms with Crippen molar-refractivity contribution in [3.63, 3.8) is 0 Å². The van der Waals surface area contributed by atoms with Gasteiger partial charge in [-0.15, -0.1) is 0 Å². The summed E-state index contributed by atoms with van der Waals surface area (Å²) in [5.41, 5.74) is 3.60. The molecule has 8 heteroatoms. The van der Waals surface area contributed by atoms with Gasteiger partial charge in [-0.1, -0.05) is 6.07 Å². The maximum atomic E-state index is 14.8. The summed E-state index contributed by atoms with van der Waals surface area (Å²) in [6.07, 6.45) is 3.67. The summed E-state index contributed by atoms with van der Waals surface area (Å²) in [6, 6.07) is 7.17. The lowest BCUT2D eigenvalue weighted by molar-refractivity contribution is 0.113. The smallest absolute Gasteiger partial charge is 0.165 e. The summed E-state index contributed by atoms with van der Waals surface area (Å²) in [5, 5.41) is 6.83.